The highest BCUT2D eigenvalue weighted by molar-refractivity contribution is 5.90. The average molecular weight is 359 g/mol. The summed E-state index contributed by atoms with van der Waals surface area (Å²) in [6.45, 7) is -1.29. The van der Waals surface area contributed by atoms with Crippen LogP contribution in [0.4, 0.5) is 0 Å². The number of aromatic hydroxyl groups is 1. The van der Waals surface area contributed by atoms with E-state index in [0.717, 1.165) is 24.0 Å². The summed E-state index contributed by atoms with van der Waals surface area (Å²) in [4.78, 5) is 12.9. The molecule has 2 N–H and O–H groups in total. The Morgan fingerprint density at radius 1 is 1.38 bits per heavy atom. The number of Topliss-reactive ketones (excluding diaryl/α,β-unsaturated/α-hetero) is 1. The highest BCUT2D eigenvalue weighted by atomic mass is 16.5. The Morgan fingerprint density at radius 3 is 3.00 bits per heavy atom. The highest BCUT2D eigenvalue weighted by Crippen LogP contribution is 2.65. The molecule has 5 nitrogen and oxygen atoms in total. The van der Waals surface area contributed by atoms with Crippen molar-refractivity contribution in [3.05, 3.63) is 23.3 Å². The Morgan fingerprint density at radius 2 is 2.23 bits per heavy atom. The van der Waals surface area contributed by atoms with E-state index in [2.05, 4.69) is 0 Å². The first-order valence-electron chi connectivity index (χ1n) is 11.3. The fourth-order valence-electron chi connectivity index (χ4n) is 6.60. The molecule has 2 aliphatic heterocycles. The number of quaternary nitrogens is 1. The molecule has 5 aliphatic rings. The number of benzene rings is 1. The quantitative estimate of drug-likeness (QED) is 0.789. The number of ketones is 1. The van der Waals surface area contributed by atoms with Gasteiger partial charge in [0.2, 0.25) is 0 Å². The number of hydrogen-bond donors (Lipinski definition) is 2. The number of piperidine rings is 1. The lowest BCUT2D eigenvalue weighted by atomic mass is 9.48. The van der Waals surface area contributed by atoms with Crippen LogP contribution < -0.4 is 4.74 Å². The van der Waals surface area contributed by atoms with Crippen molar-refractivity contribution in [2.45, 2.75) is 61.7 Å². The molecule has 5 atom stereocenters. The van der Waals surface area contributed by atoms with E-state index in [0.29, 0.717) is 37.6 Å². The van der Waals surface area contributed by atoms with E-state index < -0.39 is 30.1 Å². The minimum atomic E-state index is -2.24. The van der Waals surface area contributed by atoms with Crippen LogP contribution in [0, 0.1) is 5.92 Å². The maximum Gasteiger partial charge on any atom is 0.174 e. The van der Waals surface area contributed by atoms with Gasteiger partial charge < -0.3 is 19.4 Å². The molecular weight excluding hydrogens is 330 g/mol. The smallest absolute Gasteiger partial charge is 0.174 e. The number of nitrogens with zero attached hydrogens (tertiary/aromatic N) is 1. The normalized spacial score (nSPS) is 47.4. The van der Waals surface area contributed by atoms with Crippen molar-refractivity contribution >= 4 is 5.78 Å². The molecule has 2 heterocycles. The van der Waals surface area contributed by atoms with Gasteiger partial charge in [0.1, 0.15) is 11.6 Å². The third kappa shape index (κ3) is 1.55. The molecule has 1 spiro atoms. The second-order valence-electron chi connectivity index (χ2n) is 9.16. The number of carbonyl (C=O) groups excluding carboxylic acids is 1. The monoisotopic (exact) mass is 359 g/mol. The second kappa shape index (κ2) is 4.45. The first-order chi connectivity index (χ1) is 13.6. The van der Waals surface area contributed by atoms with E-state index in [1.807, 2.05) is 6.07 Å². The van der Waals surface area contributed by atoms with Crippen molar-refractivity contribution in [1.29, 1.82) is 0 Å². The van der Waals surface area contributed by atoms with Crippen molar-refractivity contribution in [3.63, 3.8) is 0 Å². The van der Waals surface area contributed by atoms with E-state index in [-0.39, 0.29) is 28.9 Å². The van der Waals surface area contributed by atoms with Crippen LogP contribution in [0.25, 0.3) is 0 Å². The van der Waals surface area contributed by atoms with Gasteiger partial charge in [0.25, 0.3) is 0 Å². The van der Waals surface area contributed by atoms with Crippen molar-refractivity contribution in [2.75, 3.05) is 20.1 Å². The lowest BCUT2D eigenvalue weighted by molar-refractivity contribution is -0.950. The fraction of sp³-hybridized carbons (Fsp3) is 0.667. The summed E-state index contributed by atoms with van der Waals surface area (Å²) in [5.41, 5.74) is -0.624. The van der Waals surface area contributed by atoms with Crippen molar-refractivity contribution in [1.82, 2.24) is 0 Å². The van der Waals surface area contributed by atoms with Gasteiger partial charge in [-0.05, 0) is 30.9 Å². The molecular formula is C21H26NO4+. The topological polar surface area (TPSA) is 66.8 Å². The van der Waals surface area contributed by atoms with Gasteiger partial charge in [0.05, 0.1) is 29.6 Å². The minimum Gasteiger partial charge on any atom is -0.504 e. The second-order valence-corrected chi connectivity index (χ2v) is 9.16. The third-order valence-electron chi connectivity index (χ3n) is 7.92. The van der Waals surface area contributed by atoms with Gasteiger partial charge in [0.15, 0.2) is 23.4 Å². The molecule has 4 unspecified atom stereocenters. The van der Waals surface area contributed by atoms with Crippen molar-refractivity contribution < 1.29 is 28.3 Å². The van der Waals surface area contributed by atoms with E-state index in [1.165, 1.54) is 0 Å². The summed E-state index contributed by atoms with van der Waals surface area (Å²) in [5.74, 6) is 0.635. The van der Waals surface area contributed by atoms with Crippen molar-refractivity contribution in [3.8, 4) is 11.5 Å². The molecule has 6 rings (SSSR count). The summed E-state index contributed by atoms with van der Waals surface area (Å²) in [7, 11) is 0. The molecule has 2 bridgehead atoms. The lowest BCUT2D eigenvalue weighted by Gasteiger charge is -2.64. The summed E-state index contributed by atoms with van der Waals surface area (Å²) in [6.07, 6.45) is 2.49. The van der Waals surface area contributed by atoms with Crippen LogP contribution in [0.15, 0.2) is 12.1 Å². The molecule has 1 saturated heterocycles. The molecule has 26 heavy (non-hydrogen) atoms. The van der Waals surface area contributed by atoms with E-state index in [4.69, 9.17) is 8.85 Å². The first kappa shape index (κ1) is 12.7. The van der Waals surface area contributed by atoms with Crippen LogP contribution in [-0.4, -0.2) is 58.3 Å². The predicted molar refractivity (Wildman–Crippen MR) is 94.1 cm³/mol. The molecule has 0 amide bonds. The van der Waals surface area contributed by atoms with E-state index in [9.17, 15) is 15.0 Å². The van der Waals surface area contributed by atoms with Crippen molar-refractivity contribution in [2.24, 2.45) is 5.92 Å². The van der Waals surface area contributed by atoms with Crippen LogP contribution >= 0.6 is 0 Å². The number of phenols is 1. The molecule has 5 heteroatoms. The number of likely N-dealkylation sites (tertiary alicyclic amines) is 1. The molecule has 1 aromatic rings. The summed E-state index contributed by atoms with van der Waals surface area (Å²) >= 11 is 0. The molecule has 0 radical (unpaired) electrons. The largest absolute Gasteiger partial charge is 0.504 e. The zero-order valence-corrected chi connectivity index (χ0v) is 14.7. The van der Waals surface area contributed by atoms with Crippen LogP contribution in [0.3, 0.4) is 0 Å². The predicted octanol–water partition coefficient (Wildman–Crippen LogP) is 1.67. The Balaban J connectivity index is 1.62. The Hall–Kier alpha value is -1.59. The van der Waals surface area contributed by atoms with Gasteiger partial charge in [0, 0.05) is 30.7 Å². The van der Waals surface area contributed by atoms with Gasteiger partial charge >= 0.3 is 0 Å². The van der Waals surface area contributed by atoms with Gasteiger partial charge in [-0.1, -0.05) is 6.07 Å². The molecule has 138 valence electrons. The van der Waals surface area contributed by atoms with E-state index in [1.54, 1.807) is 6.07 Å². The maximum absolute atomic E-state index is 12.9. The Labute approximate surface area is 157 Å². The molecule has 3 aliphatic carbocycles. The average Bonchev–Trinajstić information content (AvgIpc) is 3.38. The number of ether oxygens (including phenoxy) is 1. The first-order valence-corrected chi connectivity index (χ1v) is 9.78. The van der Waals surface area contributed by atoms with Crippen LogP contribution in [-0.2, 0) is 16.6 Å². The van der Waals surface area contributed by atoms with Crippen LogP contribution in [0.5, 0.6) is 11.5 Å². The van der Waals surface area contributed by atoms with Gasteiger partial charge in [-0.25, -0.2) is 0 Å². The van der Waals surface area contributed by atoms with Crippen LogP contribution in [0.2, 0.25) is 0 Å². The zero-order valence-electron chi connectivity index (χ0n) is 17.7. The summed E-state index contributed by atoms with van der Waals surface area (Å²) in [6, 6.07) is 2.88. The highest BCUT2D eigenvalue weighted by Gasteiger charge is 2.76. The number of aliphatic hydroxyl groups is 1. The maximum atomic E-state index is 12.9. The summed E-state index contributed by atoms with van der Waals surface area (Å²) < 4.78 is 31.4. The minimum absolute atomic E-state index is 0.0127. The fourth-order valence-corrected chi connectivity index (χ4v) is 6.60. The molecule has 1 aromatic carbocycles. The zero-order chi connectivity index (χ0) is 20.4. The standard InChI is InChI=1S/C21H25NO4/c1-22(11-12-2-3-12)9-8-20-17-13-4-5-14(23)18(17)26-19(20)15(24)6-7-21(20,25)16(22)10-13/h4-5,12,16,19,25H,2-3,6-11H2,1H3/p+1/t16?,19?,20?,21-,22?/m0/s1/i1D3. The number of phenolic OH excluding ortho intramolecular Hbond substituents is 1. The number of likely N-dealkylation sites (N-methyl/N-ethyl adjacent to an activating group) is 1. The van der Waals surface area contributed by atoms with Gasteiger partial charge in [-0.2, -0.15) is 0 Å². The Kier molecular flexibility index (Phi) is 2.18. The van der Waals surface area contributed by atoms with E-state index >= 15 is 0 Å². The Bertz CT molecular complexity index is 945. The number of hydrogen-bond acceptors (Lipinski definition) is 4. The number of rotatable bonds is 2. The lowest BCUT2D eigenvalue weighted by Crippen LogP contribution is -2.80. The molecule has 3 fully saturated rings. The number of carbonyl (C=O) groups is 1. The van der Waals surface area contributed by atoms with Gasteiger partial charge in [-0.3, -0.25) is 4.79 Å². The molecule has 0 aromatic heterocycles. The molecule has 2 saturated carbocycles. The van der Waals surface area contributed by atoms with Crippen LogP contribution in [0.1, 0.15) is 47.3 Å². The SMILES string of the molecule is [2H]C([2H])([2H])[N+]1(CC2CC2)CCC23c4c5ccc(O)c4OC2C(=O)CC[C@]3(O)C1C5. The third-order valence-corrected chi connectivity index (χ3v) is 7.92. The van der Waals surface area contributed by atoms with Gasteiger partial charge in [-0.15, -0.1) is 0 Å². The summed E-state index contributed by atoms with van der Waals surface area (Å²) in [5, 5.41) is 22.7.